The van der Waals surface area contributed by atoms with Crippen LogP contribution in [0.3, 0.4) is 0 Å². The van der Waals surface area contributed by atoms with Crippen LogP contribution in [-0.2, 0) is 6.42 Å². The van der Waals surface area contributed by atoms with Crippen molar-refractivity contribution in [2.75, 3.05) is 6.61 Å². The molecule has 0 aromatic heterocycles. The molecule has 0 atom stereocenters. The molecule has 14 heavy (non-hydrogen) atoms. The molecule has 0 aliphatic rings. The van der Waals surface area contributed by atoms with Crippen molar-refractivity contribution in [3.63, 3.8) is 0 Å². The van der Waals surface area contributed by atoms with Gasteiger partial charge in [-0.05, 0) is 30.4 Å². The molecule has 1 aromatic carbocycles. The van der Waals surface area contributed by atoms with Crippen LogP contribution in [0.1, 0.15) is 30.4 Å². The molecule has 1 aromatic rings. The van der Waals surface area contributed by atoms with Crippen LogP contribution in [0.25, 0.3) is 6.08 Å². The molecule has 1 rings (SSSR count). The average Bonchev–Trinajstić information content (AvgIpc) is 2.25. The van der Waals surface area contributed by atoms with Crippen LogP contribution in [0.4, 0.5) is 0 Å². The van der Waals surface area contributed by atoms with Gasteiger partial charge < -0.3 is 5.11 Å². The third-order valence-electron chi connectivity index (χ3n) is 2.34. The number of rotatable bonds is 6. The summed E-state index contributed by atoms with van der Waals surface area (Å²) in [5.74, 6) is 0. The number of aliphatic hydroxyl groups is 1. The first-order valence-corrected chi connectivity index (χ1v) is 5.19. The van der Waals surface area contributed by atoms with E-state index in [1.54, 1.807) is 0 Å². The molecule has 1 heteroatoms. The maximum absolute atomic E-state index is 8.62. The zero-order chi connectivity index (χ0) is 10.2. The van der Waals surface area contributed by atoms with Crippen molar-refractivity contribution in [3.8, 4) is 0 Å². The summed E-state index contributed by atoms with van der Waals surface area (Å²) in [4.78, 5) is 0. The van der Waals surface area contributed by atoms with Gasteiger partial charge in [-0.25, -0.2) is 0 Å². The monoisotopic (exact) mass is 190 g/mol. The highest BCUT2D eigenvalue weighted by Gasteiger charge is 1.93. The van der Waals surface area contributed by atoms with E-state index >= 15 is 0 Å². The minimum absolute atomic E-state index is 0.315. The lowest BCUT2D eigenvalue weighted by Crippen LogP contribution is -1.88. The second kappa shape index (κ2) is 6.39. The predicted octanol–water partition coefficient (Wildman–Crippen LogP) is 3.03. The van der Waals surface area contributed by atoms with Gasteiger partial charge in [0.05, 0.1) is 0 Å². The first-order valence-electron chi connectivity index (χ1n) is 5.19. The molecule has 1 N–H and O–H groups in total. The van der Waals surface area contributed by atoms with Crippen molar-refractivity contribution >= 4 is 6.08 Å². The molecule has 0 aliphatic carbocycles. The molecule has 0 heterocycles. The number of benzene rings is 1. The van der Waals surface area contributed by atoms with Crippen molar-refractivity contribution < 1.29 is 5.11 Å². The number of aliphatic hydroxyl groups excluding tert-OH is 1. The van der Waals surface area contributed by atoms with Gasteiger partial charge in [-0.2, -0.15) is 0 Å². The molecule has 76 valence electrons. The SMILES string of the molecule is C=Cc1ccc(CCCCCO)cc1. The Balaban J connectivity index is 2.32. The van der Waals surface area contributed by atoms with Crippen molar-refractivity contribution in [1.29, 1.82) is 0 Å². The van der Waals surface area contributed by atoms with E-state index in [1.807, 2.05) is 6.08 Å². The van der Waals surface area contributed by atoms with E-state index in [9.17, 15) is 0 Å². The van der Waals surface area contributed by atoms with Crippen molar-refractivity contribution in [2.45, 2.75) is 25.7 Å². The van der Waals surface area contributed by atoms with Gasteiger partial charge >= 0.3 is 0 Å². The summed E-state index contributed by atoms with van der Waals surface area (Å²) in [5, 5.41) is 8.62. The van der Waals surface area contributed by atoms with E-state index in [4.69, 9.17) is 5.11 Å². The maximum Gasteiger partial charge on any atom is 0.0431 e. The summed E-state index contributed by atoms with van der Waals surface area (Å²) in [6.45, 7) is 4.03. The van der Waals surface area contributed by atoms with Crippen molar-refractivity contribution in [3.05, 3.63) is 42.0 Å². The summed E-state index contributed by atoms with van der Waals surface area (Å²) in [7, 11) is 0. The Labute approximate surface area is 86.1 Å². The van der Waals surface area contributed by atoms with E-state index in [0.29, 0.717) is 6.61 Å². The lowest BCUT2D eigenvalue weighted by atomic mass is 10.1. The summed E-state index contributed by atoms with van der Waals surface area (Å²) < 4.78 is 0. The third-order valence-corrected chi connectivity index (χ3v) is 2.34. The number of aryl methyl sites for hydroxylation is 1. The second-order valence-corrected chi connectivity index (χ2v) is 3.48. The van der Waals surface area contributed by atoms with Gasteiger partial charge in [0.15, 0.2) is 0 Å². The Kier molecular flexibility index (Phi) is 5.02. The first-order chi connectivity index (χ1) is 6.86. The van der Waals surface area contributed by atoms with Crippen molar-refractivity contribution in [2.24, 2.45) is 0 Å². The maximum atomic E-state index is 8.62. The molecule has 0 saturated heterocycles. The molecular weight excluding hydrogens is 172 g/mol. The summed E-state index contributed by atoms with van der Waals surface area (Å²) in [5.41, 5.74) is 2.54. The normalized spacial score (nSPS) is 10.1. The second-order valence-electron chi connectivity index (χ2n) is 3.48. The van der Waals surface area contributed by atoms with Crippen LogP contribution >= 0.6 is 0 Å². The molecule has 0 fully saturated rings. The molecule has 0 amide bonds. The topological polar surface area (TPSA) is 20.2 Å². The van der Waals surface area contributed by atoms with E-state index in [2.05, 4.69) is 30.8 Å². The smallest absolute Gasteiger partial charge is 0.0431 e. The molecule has 0 bridgehead atoms. The van der Waals surface area contributed by atoms with Crippen molar-refractivity contribution in [1.82, 2.24) is 0 Å². The fraction of sp³-hybridized carbons (Fsp3) is 0.385. The van der Waals surface area contributed by atoms with Gasteiger partial charge in [0, 0.05) is 6.61 Å². The molecule has 0 radical (unpaired) electrons. The highest BCUT2D eigenvalue weighted by molar-refractivity contribution is 5.47. The lowest BCUT2D eigenvalue weighted by Gasteiger charge is -2.01. The third kappa shape index (κ3) is 3.75. The van der Waals surface area contributed by atoms with Gasteiger partial charge in [0.1, 0.15) is 0 Å². The van der Waals surface area contributed by atoms with Gasteiger partial charge in [-0.1, -0.05) is 43.3 Å². The van der Waals surface area contributed by atoms with E-state index in [0.717, 1.165) is 25.7 Å². The lowest BCUT2D eigenvalue weighted by molar-refractivity contribution is 0.283. The fourth-order valence-electron chi connectivity index (χ4n) is 1.44. The molecule has 0 unspecified atom stereocenters. The first kappa shape index (κ1) is 11.0. The minimum atomic E-state index is 0.315. The van der Waals surface area contributed by atoms with Crippen LogP contribution in [0.2, 0.25) is 0 Å². The predicted molar refractivity (Wildman–Crippen MR) is 61.2 cm³/mol. The molecule has 1 nitrogen and oxygen atoms in total. The van der Waals surface area contributed by atoms with Crippen LogP contribution < -0.4 is 0 Å². The Hall–Kier alpha value is -1.08. The highest BCUT2D eigenvalue weighted by Crippen LogP contribution is 2.09. The average molecular weight is 190 g/mol. The van der Waals surface area contributed by atoms with Crippen LogP contribution in [0, 0.1) is 0 Å². The summed E-state index contributed by atoms with van der Waals surface area (Å²) >= 11 is 0. The number of hydrogen-bond acceptors (Lipinski definition) is 1. The minimum Gasteiger partial charge on any atom is -0.396 e. The largest absolute Gasteiger partial charge is 0.396 e. The summed E-state index contributed by atoms with van der Waals surface area (Å²) in [6.07, 6.45) is 6.16. The Morgan fingerprint density at radius 2 is 1.79 bits per heavy atom. The summed E-state index contributed by atoms with van der Waals surface area (Å²) in [6, 6.07) is 8.48. The van der Waals surface area contributed by atoms with Gasteiger partial charge in [-0.3, -0.25) is 0 Å². The van der Waals surface area contributed by atoms with Gasteiger partial charge in [0.25, 0.3) is 0 Å². The van der Waals surface area contributed by atoms with E-state index in [-0.39, 0.29) is 0 Å². The number of unbranched alkanes of at least 4 members (excludes halogenated alkanes) is 2. The highest BCUT2D eigenvalue weighted by atomic mass is 16.2. The quantitative estimate of drug-likeness (QED) is 0.684. The molecular formula is C13H18O. The Morgan fingerprint density at radius 1 is 1.07 bits per heavy atom. The zero-order valence-electron chi connectivity index (χ0n) is 8.58. The Bertz CT molecular complexity index is 261. The van der Waals surface area contributed by atoms with E-state index in [1.165, 1.54) is 11.1 Å². The van der Waals surface area contributed by atoms with Crippen LogP contribution in [0.5, 0.6) is 0 Å². The van der Waals surface area contributed by atoms with Gasteiger partial charge in [0.2, 0.25) is 0 Å². The van der Waals surface area contributed by atoms with Crippen LogP contribution in [-0.4, -0.2) is 11.7 Å². The fourth-order valence-corrected chi connectivity index (χ4v) is 1.44. The molecule has 0 aliphatic heterocycles. The molecule has 0 spiro atoms. The standard InChI is InChI=1S/C13H18O/c1-2-12-7-9-13(10-8-12)6-4-3-5-11-14/h2,7-10,14H,1,3-6,11H2. The Morgan fingerprint density at radius 3 is 2.36 bits per heavy atom. The number of hydrogen-bond donors (Lipinski definition) is 1. The molecule has 0 saturated carbocycles. The van der Waals surface area contributed by atoms with Gasteiger partial charge in [-0.15, -0.1) is 0 Å². The zero-order valence-corrected chi connectivity index (χ0v) is 8.58. The van der Waals surface area contributed by atoms with Crippen LogP contribution in [0.15, 0.2) is 30.8 Å². The van der Waals surface area contributed by atoms with E-state index < -0.39 is 0 Å².